The first kappa shape index (κ1) is 22.8. The number of aromatic nitrogens is 1. The van der Waals surface area contributed by atoms with Crippen molar-refractivity contribution in [2.75, 3.05) is 13.7 Å². The minimum atomic E-state index is -1.25. The predicted molar refractivity (Wildman–Crippen MR) is 117 cm³/mol. The molecule has 0 unspecified atom stereocenters. The number of methoxy groups -OCH3 is 1. The van der Waals surface area contributed by atoms with Gasteiger partial charge in [0.15, 0.2) is 6.04 Å². The maximum absolute atomic E-state index is 12.9. The van der Waals surface area contributed by atoms with E-state index in [9.17, 15) is 19.5 Å². The van der Waals surface area contributed by atoms with Crippen molar-refractivity contribution in [2.45, 2.75) is 25.1 Å². The van der Waals surface area contributed by atoms with Crippen molar-refractivity contribution in [2.24, 2.45) is 0 Å². The van der Waals surface area contributed by atoms with Crippen molar-refractivity contribution in [1.82, 2.24) is 15.6 Å². The van der Waals surface area contributed by atoms with Gasteiger partial charge in [0.2, 0.25) is 5.91 Å². The van der Waals surface area contributed by atoms with Crippen molar-refractivity contribution in [3.8, 4) is 0 Å². The van der Waals surface area contributed by atoms with Crippen LogP contribution < -0.4 is 10.6 Å². The third-order valence-electron chi connectivity index (χ3n) is 4.91. The Bertz CT molecular complexity index is 1070. The summed E-state index contributed by atoms with van der Waals surface area (Å²) in [6.07, 6.45) is 1.11. The number of aliphatic hydroxyl groups excluding tert-OH is 1. The smallest absolute Gasteiger partial charge is 0.408 e. The van der Waals surface area contributed by atoms with Crippen molar-refractivity contribution >= 4 is 28.9 Å². The van der Waals surface area contributed by atoms with E-state index in [-0.39, 0.29) is 13.0 Å². The largest absolute Gasteiger partial charge is 0.467 e. The molecule has 0 saturated heterocycles. The van der Waals surface area contributed by atoms with Gasteiger partial charge >= 0.3 is 12.1 Å². The molecular weight excluding hydrogens is 414 g/mol. The summed E-state index contributed by atoms with van der Waals surface area (Å²) in [4.78, 5) is 40.2. The molecule has 0 bridgehead atoms. The second-order valence-electron chi connectivity index (χ2n) is 7.09. The van der Waals surface area contributed by atoms with E-state index in [0.717, 1.165) is 29.1 Å². The van der Waals surface area contributed by atoms with Gasteiger partial charge in [0.1, 0.15) is 12.6 Å². The van der Waals surface area contributed by atoms with Gasteiger partial charge in [-0.3, -0.25) is 4.79 Å². The second-order valence-corrected chi connectivity index (χ2v) is 7.09. The van der Waals surface area contributed by atoms with Gasteiger partial charge in [0.05, 0.1) is 13.7 Å². The van der Waals surface area contributed by atoms with E-state index < -0.39 is 36.7 Å². The molecule has 0 aliphatic carbocycles. The van der Waals surface area contributed by atoms with Crippen LogP contribution in [0.1, 0.15) is 11.1 Å². The van der Waals surface area contributed by atoms with Crippen LogP contribution in [0.5, 0.6) is 0 Å². The third-order valence-corrected chi connectivity index (χ3v) is 4.91. The number of alkyl carbamates (subject to hydrolysis) is 1. The van der Waals surface area contributed by atoms with Gasteiger partial charge in [-0.05, 0) is 17.2 Å². The normalized spacial score (nSPS) is 12.6. The molecule has 2 atom stereocenters. The molecule has 3 rings (SSSR count). The summed E-state index contributed by atoms with van der Waals surface area (Å²) in [5.41, 5.74) is 2.48. The first-order valence-corrected chi connectivity index (χ1v) is 10.0. The summed E-state index contributed by atoms with van der Waals surface area (Å²) < 4.78 is 9.82. The molecule has 168 valence electrons. The quantitative estimate of drug-likeness (QED) is 0.375. The summed E-state index contributed by atoms with van der Waals surface area (Å²) in [6, 6.07) is 14.4. The second kappa shape index (κ2) is 11.0. The first-order valence-electron chi connectivity index (χ1n) is 10.0. The number of carbonyl (C=O) groups is 3. The van der Waals surface area contributed by atoms with Crippen LogP contribution in [0, 0.1) is 0 Å². The molecule has 4 N–H and O–H groups in total. The minimum absolute atomic E-state index is 0.0372. The fraction of sp³-hybridized carbons (Fsp3) is 0.261. The molecule has 9 heteroatoms. The molecule has 3 aromatic rings. The number of aromatic amines is 1. The number of amides is 2. The molecule has 2 amide bonds. The number of ether oxygens (including phenoxy) is 2. The Morgan fingerprint density at radius 1 is 1.00 bits per heavy atom. The molecule has 2 aromatic carbocycles. The molecular formula is C23H25N3O6. The Labute approximate surface area is 184 Å². The maximum atomic E-state index is 12.9. The highest BCUT2D eigenvalue weighted by Gasteiger charge is 2.28. The van der Waals surface area contributed by atoms with E-state index in [4.69, 9.17) is 4.74 Å². The Balaban J connectivity index is 1.74. The lowest BCUT2D eigenvalue weighted by Crippen LogP contribution is -2.53. The number of para-hydroxylation sites is 1. The Morgan fingerprint density at radius 3 is 2.44 bits per heavy atom. The summed E-state index contributed by atoms with van der Waals surface area (Å²) in [5.74, 6) is -1.45. The summed E-state index contributed by atoms with van der Waals surface area (Å²) in [6.45, 7) is -0.605. The van der Waals surface area contributed by atoms with Gasteiger partial charge < -0.3 is 30.2 Å². The number of esters is 1. The van der Waals surface area contributed by atoms with Crippen LogP contribution in [0.3, 0.4) is 0 Å². The molecule has 0 aliphatic heterocycles. The standard InChI is InChI=1S/C23H25N3O6/c1-31-22(29)20(13-27)25-21(28)19(11-16-12-24-18-10-6-5-9-17(16)18)26-23(30)32-14-15-7-3-2-4-8-15/h2-10,12,19-20,24,27H,11,13-14H2,1H3,(H,25,28)(H,26,30)/t19-,20+/m1/s1. The zero-order valence-electron chi connectivity index (χ0n) is 17.5. The molecule has 32 heavy (non-hydrogen) atoms. The highest BCUT2D eigenvalue weighted by molar-refractivity contribution is 5.91. The van der Waals surface area contributed by atoms with E-state index in [1.165, 1.54) is 0 Å². The molecule has 0 aliphatic rings. The van der Waals surface area contributed by atoms with Crippen LogP contribution in [-0.2, 0) is 32.1 Å². The molecule has 0 radical (unpaired) electrons. The third kappa shape index (κ3) is 5.86. The number of H-pyrrole nitrogens is 1. The maximum Gasteiger partial charge on any atom is 0.408 e. The SMILES string of the molecule is COC(=O)[C@H](CO)NC(=O)[C@@H](Cc1c[nH]c2ccccc12)NC(=O)OCc1ccccc1. The summed E-state index contributed by atoms with van der Waals surface area (Å²) in [5, 5.41) is 15.3. The average Bonchev–Trinajstić information content (AvgIpc) is 3.23. The number of rotatable bonds is 9. The van der Waals surface area contributed by atoms with Crippen LogP contribution in [0.4, 0.5) is 4.79 Å². The Hall–Kier alpha value is -3.85. The van der Waals surface area contributed by atoms with Crippen molar-refractivity contribution in [1.29, 1.82) is 0 Å². The fourth-order valence-corrected chi connectivity index (χ4v) is 3.23. The van der Waals surface area contributed by atoms with Crippen molar-refractivity contribution < 1.29 is 29.0 Å². The van der Waals surface area contributed by atoms with Gasteiger partial charge in [-0.15, -0.1) is 0 Å². The average molecular weight is 439 g/mol. The van der Waals surface area contributed by atoms with Crippen LogP contribution >= 0.6 is 0 Å². The van der Waals surface area contributed by atoms with E-state index in [2.05, 4.69) is 20.4 Å². The van der Waals surface area contributed by atoms with E-state index in [1.54, 1.807) is 6.20 Å². The van der Waals surface area contributed by atoms with Crippen LogP contribution in [0.15, 0.2) is 60.8 Å². The summed E-state index contributed by atoms with van der Waals surface area (Å²) in [7, 11) is 1.15. The van der Waals surface area contributed by atoms with Gasteiger partial charge in [-0.25, -0.2) is 9.59 Å². The zero-order chi connectivity index (χ0) is 22.9. The van der Waals surface area contributed by atoms with Gasteiger partial charge in [-0.1, -0.05) is 48.5 Å². The number of fused-ring (bicyclic) bond motifs is 1. The highest BCUT2D eigenvalue weighted by Crippen LogP contribution is 2.19. The Morgan fingerprint density at radius 2 is 1.72 bits per heavy atom. The summed E-state index contributed by atoms with van der Waals surface area (Å²) >= 11 is 0. The Kier molecular flexibility index (Phi) is 7.82. The van der Waals surface area contributed by atoms with Crippen LogP contribution in [-0.4, -0.2) is 53.9 Å². The predicted octanol–water partition coefficient (Wildman–Crippen LogP) is 1.66. The number of nitrogens with one attached hydrogen (secondary N) is 3. The van der Waals surface area contributed by atoms with E-state index in [1.807, 2.05) is 54.6 Å². The highest BCUT2D eigenvalue weighted by atomic mass is 16.5. The number of aliphatic hydroxyl groups is 1. The van der Waals surface area contributed by atoms with Crippen LogP contribution in [0.2, 0.25) is 0 Å². The molecule has 9 nitrogen and oxygen atoms in total. The first-order chi connectivity index (χ1) is 15.5. The number of hydrogen-bond donors (Lipinski definition) is 4. The molecule has 1 aromatic heterocycles. The lowest BCUT2D eigenvalue weighted by molar-refractivity contribution is -0.146. The van der Waals surface area contributed by atoms with Gasteiger partial charge in [0.25, 0.3) is 0 Å². The minimum Gasteiger partial charge on any atom is -0.467 e. The van der Waals surface area contributed by atoms with Gasteiger partial charge in [0, 0.05) is 23.5 Å². The van der Waals surface area contributed by atoms with E-state index in [0.29, 0.717) is 0 Å². The fourth-order valence-electron chi connectivity index (χ4n) is 3.23. The number of hydrogen-bond acceptors (Lipinski definition) is 6. The number of benzene rings is 2. The lowest BCUT2D eigenvalue weighted by Gasteiger charge is -2.21. The molecule has 0 spiro atoms. The zero-order valence-corrected chi connectivity index (χ0v) is 17.5. The molecule has 1 heterocycles. The monoisotopic (exact) mass is 439 g/mol. The number of carbonyl (C=O) groups excluding carboxylic acids is 3. The van der Waals surface area contributed by atoms with Crippen LogP contribution in [0.25, 0.3) is 10.9 Å². The topological polar surface area (TPSA) is 130 Å². The van der Waals surface area contributed by atoms with Gasteiger partial charge in [-0.2, -0.15) is 0 Å². The van der Waals surface area contributed by atoms with E-state index >= 15 is 0 Å². The lowest BCUT2D eigenvalue weighted by atomic mass is 10.0. The molecule has 0 saturated carbocycles. The molecule has 0 fully saturated rings. The van der Waals surface area contributed by atoms with Crippen molar-refractivity contribution in [3.63, 3.8) is 0 Å². The van der Waals surface area contributed by atoms with Crippen molar-refractivity contribution in [3.05, 3.63) is 71.9 Å².